The molecule has 0 radical (unpaired) electrons. The quantitative estimate of drug-likeness (QED) is 0.639. The number of carbonyl (C=O) groups is 1. The monoisotopic (exact) mass is 250 g/mol. The third-order valence-electron chi connectivity index (χ3n) is 5.86. The Bertz CT molecular complexity index is 425. The SMILES string of the molecule is C=C1[C@@H]2C(=O)C[C@H](C)[C@@H]3[C@H]1[C@H](O)[C@@H](O)C(C)(C)[C@H]23. The number of carbonyl (C=O) groups excluding carboxylic acids is 1. The van der Waals surface area contributed by atoms with Crippen molar-refractivity contribution in [2.75, 3.05) is 0 Å². The third kappa shape index (κ3) is 1.19. The van der Waals surface area contributed by atoms with Crippen LogP contribution in [0.1, 0.15) is 27.2 Å². The molecule has 0 aromatic rings. The summed E-state index contributed by atoms with van der Waals surface area (Å²) >= 11 is 0. The van der Waals surface area contributed by atoms with Crippen LogP contribution in [0, 0.1) is 35.0 Å². The molecule has 2 N–H and O–H groups in total. The van der Waals surface area contributed by atoms with Crippen LogP contribution in [0.5, 0.6) is 0 Å². The molecule has 3 nitrogen and oxygen atoms in total. The van der Waals surface area contributed by atoms with Gasteiger partial charge < -0.3 is 10.2 Å². The lowest BCUT2D eigenvalue weighted by atomic mass is 9.54. The van der Waals surface area contributed by atoms with Crippen molar-refractivity contribution in [1.82, 2.24) is 0 Å². The molecule has 3 heteroatoms. The summed E-state index contributed by atoms with van der Waals surface area (Å²) in [6, 6.07) is 0. The van der Waals surface area contributed by atoms with Crippen LogP contribution in [0.25, 0.3) is 0 Å². The van der Waals surface area contributed by atoms with Crippen LogP contribution in [0.2, 0.25) is 0 Å². The molecule has 100 valence electrons. The molecule has 0 aliphatic heterocycles. The number of aliphatic hydroxyl groups is 2. The largest absolute Gasteiger partial charge is 0.390 e. The summed E-state index contributed by atoms with van der Waals surface area (Å²) < 4.78 is 0. The number of hydrogen-bond donors (Lipinski definition) is 2. The standard InChI is InChI=1S/C15H22O3/c1-6-5-8(16)10-7(2)11-9(6)12(10)15(3,4)14(18)13(11)17/h6,9-14,17-18H,2,5H2,1,3-4H3/t6-,9+,10+,11-,12-,13-,14+/m0/s1. The van der Waals surface area contributed by atoms with Crippen LogP contribution in [-0.4, -0.2) is 28.2 Å². The van der Waals surface area contributed by atoms with Crippen molar-refractivity contribution in [2.45, 2.75) is 39.4 Å². The Labute approximate surface area is 108 Å². The molecule has 4 bridgehead atoms. The van der Waals surface area contributed by atoms with Crippen molar-refractivity contribution in [3.63, 3.8) is 0 Å². The van der Waals surface area contributed by atoms with Crippen molar-refractivity contribution in [3.8, 4) is 0 Å². The molecular formula is C15H22O3. The molecule has 7 atom stereocenters. The van der Waals surface area contributed by atoms with E-state index in [9.17, 15) is 15.0 Å². The average molecular weight is 250 g/mol. The Hall–Kier alpha value is -0.670. The highest BCUT2D eigenvalue weighted by Gasteiger charge is 2.66. The normalized spacial score (nSPS) is 53.7. The summed E-state index contributed by atoms with van der Waals surface area (Å²) in [6.45, 7) is 10.1. The Morgan fingerprint density at radius 1 is 1.33 bits per heavy atom. The summed E-state index contributed by atoms with van der Waals surface area (Å²) in [5.41, 5.74) is 0.450. The number of rotatable bonds is 0. The predicted octanol–water partition coefficient (Wildman–Crippen LogP) is 1.39. The zero-order valence-electron chi connectivity index (χ0n) is 11.3. The van der Waals surface area contributed by atoms with E-state index in [1.54, 1.807) is 0 Å². The second-order valence-corrected chi connectivity index (χ2v) is 7.09. The molecule has 0 heterocycles. The second kappa shape index (κ2) is 3.45. The number of hydrogen-bond acceptors (Lipinski definition) is 3. The number of Topliss-reactive ketones (excluding diaryl/α,β-unsaturated/α-hetero) is 1. The summed E-state index contributed by atoms with van der Waals surface area (Å²) in [5, 5.41) is 20.7. The van der Waals surface area contributed by atoms with Crippen LogP contribution in [0.4, 0.5) is 0 Å². The van der Waals surface area contributed by atoms with Crippen molar-refractivity contribution in [2.24, 2.45) is 35.0 Å². The van der Waals surface area contributed by atoms with E-state index in [2.05, 4.69) is 13.5 Å². The molecule has 3 rings (SSSR count). The molecule has 3 aliphatic carbocycles. The lowest BCUT2D eigenvalue weighted by Crippen LogP contribution is -2.57. The van der Waals surface area contributed by atoms with Gasteiger partial charge in [0, 0.05) is 18.3 Å². The van der Waals surface area contributed by atoms with Gasteiger partial charge in [0.25, 0.3) is 0 Å². The van der Waals surface area contributed by atoms with Crippen LogP contribution < -0.4 is 0 Å². The van der Waals surface area contributed by atoms with Gasteiger partial charge in [0.15, 0.2) is 0 Å². The molecule has 0 saturated heterocycles. The highest BCUT2D eigenvalue weighted by molar-refractivity contribution is 5.86. The topological polar surface area (TPSA) is 57.5 Å². The number of aliphatic hydroxyl groups excluding tert-OH is 2. The van der Waals surface area contributed by atoms with Crippen LogP contribution in [0.3, 0.4) is 0 Å². The maximum absolute atomic E-state index is 12.3. The summed E-state index contributed by atoms with van der Waals surface area (Å²) in [6.07, 6.45) is -0.934. The molecule has 3 fully saturated rings. The molecule has 0 aromatic carbocycles. The van der Waals surface area contributed by atoms with Gasteiger partial charge in [0.2, 0.25) is 0 Å². The lowest BCUT2D eigenvalue weighted by molar-refractivity contribution is -0.164. The fourth-order valence-corrected chi connectivity index (χ4v) is 5.03. The van der Waals surface area contributed by atoms with Gasteiger partial charge in [-0.2, -0.15) is 0 Å². The number of ketones is 1. The first-order valence-corrected chi connectivity index (χ1v) is 6.86. The zero-order valence-corrected chi connectivity index (χ0v) is 11.3. The van der Waals surface area contributed by atoms with Gasteiger partial charge in [-0.3, -0.25) is 4.79 Å². The lowest BCUT2D eigenvalue weighted by Gasteiger charge is -2.52. The van der Waals surface area contributed by atoms with Gasteiger partial charge in [-0.1, -0.05) is 32.9 Å². The van der Waals surface area contributed by atoms with E-state index in [1.165, 1.54) is 0 Å². The molecule has 0 spiro atoms. The summed E-state index contributed by atoms with van der Waals surface area (Å²) in [5.74, 6) is 0.746. The fraction of sp³-hybridized carbons (Fsp3) is 0.800. The van der Waals surface area contributed by atoms with Gasteiger partial charge in [0.05, 0.1) is 12.2 Å². The Kier molecular flexibility index (Phi) is 2.37. The third-order valence-corrected chi connectivity index (χ3v) is 5.86. The first-order valence-electron chi connectivity index (χ1n) is 6.86. The highest BCUT2D eigenvalue weighted by atomic mass is 16.3. The van der Waals surface area contributed by atoms with Crippen molar-refractivity contribution in [1.29, 1.82) is 0 Å². The molecule has 0 unspecified atom stereocenters. The van der Waals surface area contributed by atoms with E-state index >= 15 is 0 Å². The van der Waals surface area contributed by atoms with Crippen LogP contribution in [0.15, 0.2) is 12.2 Å². The molecule has 0 aromatic heterocycles. The van der Waals surface area contributed by atoms with Gasteiger partial charge >= 0.3 is 0 Å². The summed E-state index contributed by atoms with van der Waals surface area (Å²) in [7, 11) is 0. The first-order chi connectivity index (χ1) is 8.28. The molecule has 3 aliphatic rings. The zero-order chi connectivity index (χ0) is 13.4. The second-order valence-electron chi connectivity index (χ2n) is 7.09. The van der Waals surface area contributed by atoms with Gasteiger partial charge in [0.1, 0.15) is 5.78 Å². The predicted molar refractivity (Wildman–Crippen MR) is 67.7 cm³/mol. The maximum Gasteiger partial charge on any atom is 0.140 e. The van der Waals surface area contributed by atoms with Crippen LogP contribution >= 0.6 is 0 Å². The van der Waals surface area contributed by atoms with E-state index in [-0.39, 0.29) is 29.5 Å². The molecular weight excluding hydrogens is 228 g/mol. The average Bonchev–Trinajstić information content (AvgIpc) is 2.52. The van der Waals surface area contributed by atoms with Crippen LogP contribution in [-0.2, 0) is 4.79 Å². The minimum absolute atomic E-state index is 0.0931. The van der Waals surface area contributed by atoms with Crippen molar-refractivity contribution >= 4 is 5.78 Å². The highest BCUT2D eigenvalue weighted by Crippen LogP contribution is 2.64. The van der Waals surface area contributed by atoms with E-state index in [0.717, 1.165) is 5.57 Å². The van der Waals surface area contributed by atoms with Gasteiger partial charge in [-0.25, -0.2) is 0 Å². The molecule has 18 heavy (non-hydrogen) atoms. The first kappa shape index (κ1) is 12.4. The van der Waals surface area contributed by atoms with Crippen molar-refractivity contribution in [3.05, 3.63) is 12.2 Å². The fourth-order valence-electron chi connectivity index (χ4n) is 5.03. The van der Waals surface area contributed by atoms with E-state index < -0.39 is 17.6 Å². The van der Waals surface area contributed by atoms with Gasteiger partial charge in [-0.15, -0.1) is 0 Å². The van der Waals surface area contributed by atoms with E-state index in [0.29, 0.717) is 12.3 Å². The molecule has 3 saturated carbocycles. The smallest absolute Gasteiger partial charge is 0.140 e. The Morgan fingerprint density at radius 2 is 1.94 bits per heavy atom. The Morgan fingerprint density at radius 3 is 2.56 bits per heavy atom. The van der Waals surface area contributed by atoms with Gasteiger partial charge in [-0.05, 0) is 23.2 Å². The van der Waals surface area contributed by atoms with Crippen molar-refractivity contribution < 1.29 is 15.0 Å². The van der Waals surface area contributed by atoms with E-state index in [4.69, 9.17) is 0 Å². The molecule has 0 amide bonds. The minimum Gasteiger partial charge on any atom is -0.390 e. The maximum atomic E-state index is 12.3. The summed E-state index contributed by atoms with van der Waals surface area (Å²) in [4.78, 5) is 12.3. The van der Waals surface area contributed by atoms with E-state index in [1.807, 2.05) is 13.8 Å². The minimum atomic E-state index is -0.771. The Balaban J connectivity index is 2.17.